The number of rotatable bonds is 1. The first kappa shape index (κ1) is 11.2. The molecule has 0 bridgehead atoms. The van der Waals surface area contributed by atoms with E-state index >= 15 is 0 Å². The number of nitrogens with zero attached hydrogens (tertiary/aromatic N) is 5. The average molecular weight is 263 g/mol. The Morgan fingerprint density at radius 2 is 2.00 bits per heavy atom. The van der Waals surface area contributed by atoms with Gasteiger partial charge in [-0.15, -0.1) is 0 Å². The SMILES string of the molecule is Cc1cc(-c2cn(C)c3ccccc23)n2ncnc2n1. The highest BCUT2D eigenvalue weighted by Crippen LogP contribution is 2.30. The second-order valence-corrected chi connectivity index (χ2v) is 4.93. The molecule has 0 aliphatic heterocycles. The fraction of sp³-hybridized carbons (Fsp3) is 0.133. The maximum Gasteiger partial charge on any atom is 0.252 e. The van der Waals surface area contributed by atoms with Gasteiger partial charge >= 0.3 is 0 Å². The van der Waals surface area contributed by atoms with E-state index < -0.39 is 0 Å². The van der Waals surface area contributed by atoms with E-state index in [9.17, 15) is 0 Å². The summed E-state index contributed by atoms with van der Waals surface area (Å²) in [6.45, 7) is 1.98. The van der Waals surface area contributed by atoms with E-state index in [0.717, 1.165) is 17.0 Å². The summed E-state index contributed by atoms with van der Waals surface area (Å²) in [6, 6.07) is 10.4. The summed E-state index contributed by atoms with van der Waals surface area (Å²) >= 11 is 0. The minimum Gasteiger partial charge on any atom is -0.350 e. The summed E-state index contributed by atoms with van der Waals surface area (Å²) in [4.78, 5) is 8.58. The Hall–Kier alpha value is -2.69. The molecule has 3 aromatic heterocycles. The molecule has 0 fully saturated rings. The van der Waals surface area contributed by atoms with Crippen molar-refractivity contribution in [3.8, 4) is 11.3 Å². The number of aromatic nitrogens is 5. The molecule has 0 saturated heterocycles. The molecule has 0 aliphatic rings. The molecule has 3 heterocycles. The first-order valence-corrected chi connectivity index (χ1v) is 6.46. The third-order valence-corrected chi connectivity index (χ3v) is 3.55. The van der Waals surface area contributed by atoms with Gasteiger partial charge in [-0.1, -0.05) is 18.2 Å². The largest absolute Gasteiger partial charge is 0.350 e. The van der Waals surface area contributed by atoms with E-state index in [1.807, 2.05) is 13.0 Å². The Labute approximate surface area is 115 Å². The summed E-state index contributed by atoms with van der Waals surface area (Å²) in [7, 11) is 2.05. The molecule has 5 heteroatoms. The highest BCUT2D eigenvalue weighted by molar-refractivity contribution is 5.95. The van der Waals surface area contributed by atoms with E-state index in [1.54, 1.807) is 4.52 Å². The molecule has 0 unspecified atom stereocenters. The van der Waals surface area contributed by atoms with Gasteiger partial charge in [0.1, 0.15) is 6.33 Å². The van der Waals surface area contributed by atoms with Crippen LogP contribution in [-0.2, 0) is 7.05 Å². The number of hydrogen-bond donors (Lipinski definition) is 0. The molecule has 20 heavy (non-hydrogen) atoms. The number of hydrogen-bond acceptors (Lipinski definition) is 3. The Bertz CT molecular complexity index is 932. The van der Waals surface area contributed by atoms with Crippen LogP contribution in [0.1, 0.15) is 5.69 Å². The standard InChI is InChI=1S/C15H13N5/c1-10-7-14(20-15(18-10)16-9-17-20)12-8-19(2)13-6-4-3-5-11(12)13/h3-9H,1-2H3. The average Bonchev–Trinajstić information content (AvgIpc) is 3.03. The van der Waals surface area contributed by atoms with Crippen molar-refractivity contribution in [2.24, 2.45) is 7.05 Å². The molecule has 5 nitrogen and oxygen atoms in total. The van der Waals surface area contributed by atoms with Gasteiger partial charge in [0.2, 0.25) is 0 Å². The van der Waals surface area contributed by atoms with Crippen molar-refractivity contribution >= 4 is 16.7 Å². The molecule has 0 amide bonds. The molecule has 0 radical (unpaired) electrons. The van der Waals surface area contributed by atoms with Crippen molar-refractivity contribution < 1.29 is 0 Å². The summed E-state index contributed by atoms with van der Waals surface area (Å²) in [5.41, 5.74) is 4.30. The molecule has 4 rings (SSSR count). The van der Waals surface area contributed by atoms with E-state index in [0.29, 0.717) is 5.78 Å². The molecule has 0 spiro atoms. The van der Waals surface area contributed by atoms with Crippen LogP contribution in [0.15, 0.2) is 42.9 Å². The van der Waals surface area contributed by atoms with Crippen LogP contribution in [0.3, 0.4) is 0 Å². The molecular formula is C15H13N5. The first-order chi connectivity index (χ1) is 9.74. The third kappa shape index (κ3) is 1.46. The molecule has 98 valence electrons. The van der Waals surface area contributed by atoms with Gasteiger partial charge in [0, 0.05) is 35.4 Å². The van der Waals surface area contributed by atoms with Crippen molar-refractivity contribution in [2.45, 2.75) is 6.92 Å². The molecule has 0 saturated carbocycles. The topological polar surface area (TPSA) is 48.0 Å². The highest BCUT2D eigenvalue weighted by atomic mass is 15.3. The summed E-state index contributed by atoms with van der Waals surface area (Å²) in [5, 5.41) is 5.49. The fourth-order valence-electron chi connectivity index (χ4n) is 2.67. The quantitative estimate of drug-likeness (QED) is 0.530. The Morgan fingerprint density at radius 3 is 2.90 bits per heavy atom. The van der Waals surface area contributed by atoms with E-state index in [4.69, 9.17) is 0 Å². The molecule has 0 atom stereocenters. The number of para-hydroxylation sites is 1. The first-order valence-electron chi connectivity index (χ1n) is 6.46. The second-order valence-electron chi connectivity index (χ2n) is 4.93. The van der Waals surface area contributed by atoms with Gasteiger partial charge in [-0.05, 0) is 19.1 Å². The van der Waals surface area contributed by atoms with Crippen LogP contribution in [0.2, 0.25) is 0 Å². The Kier molecular flexibility index (Phi) is 2.18. The predicted molar refractivity (Wildman–Crippen MR) is 77.4 cm³/mol. The number of fused-ring (bicyclic) bond motifs is 2. The van der Waals surface area contributed by atoms with Crippen LogP contribution in [0.5, 0.6) is 0 Å². The number of benzene rings is 1. The summed E-state index contributed by atoms with van der Waals surface area (Å²) in [5.74, 6) is 0.632. The molecule has 0 N–H and O–H groups in total. The number of aryl methyl sites for hydroxylation is 2. The summed E-state index contributed by atoms with van der Waals surface area (Å²) < 4.78 is 3.91. The van der Waals surface area contributed by atoms with Gasteiger partial charge < -0.3 is 4.57 Å². The third-order valence-electron chi connectivity index (χ3n) is 3.55. The van der Waals surface area contributed by atoms with Crippen molar-refractivity contribution in [1.82, 2.24) is 24.1 Å². The highest BCUT2D eigenvalue weighted by Gasteiger charge is 2.13. The molecule has 0 aliphatic carbocycles. The lowest BCUT2D eigenvalue weighted by Gasteiger charge is -2.04. The minimum absolute atomic E-state index is 0.632. The van der Waals surface area contributed by atoms with Gasteiger partial charge in [-0.25, -0.2) is 4.98 Å². The van der Waals surface area contributed by atoms with E-state index in [2.05, 4.69) is 57.1 Å². The van der Waals surface area contributed by atoms with Crippen LogP contribution in [0, 0.1) is 6.92 Å². The zero-order chi connectivity index (χ0) is 13.7. The van der Waals surface area contributed by atoms with E-state index in [-0.39, 0.29) is 0 Å². The second kappa shape index (κ2) is 3.90. The van der Waals surface area contributed by atoms with Crippen molar-refractivity contribution in [3.05, 3.63) is 48.5 Å². The van der Waals surface area contributed by atoms with Gasteiger partial charge in [-0.3, -0.25) is 0 Å². The monoisotopic (exact) mass is 263 g/mol. The molecular weight excluding hydrogens is 250 g/mol. The molecule has 4 aromatic rings. The summed E-state index contributed by atoms with van der Waals surface area (Å²) in [6.07, 6.45) is 3.66. The zero-order valence-electron chi connectivity index (χ0n) is 11.3. The Morgan fingerprint density at radius 1 is 1.15 bits per heavy atom. The molecule has 1 aromatic carbocycles. The van der Waals surface area contributed by atoms with Gasteiger partial charge in [-0.2, -0.15) is 14.6 Å². The zero-order valence-corrected chi connectivity index (χ0v) is 11.3. The van der Waals surface area contributed by atoms with Gasteiger partial charge in [0.25, 0.3) is 5.78 Å². The smallest absolute Gasteiger partial charge is 0.252 e. The van der Waals surface area contributed by atoms with Gasteiger partial charge in [0.05, 0.1) is 5.69 Å². The predicted octanol–water partition coefficient (Wildman–Crippen LogP) is 2.59. The normalized spacial score (nSPS) is 11.5. The maximum atomic E-state index is 4.39. The van der Waals surface area contributed by atoms with E-state index in [1.165, 1.54) is 17.2 Å². The lowest BCUT2D eigenvalue weighted by molar-refractivity contribution is 0.932. The van der Waals surface area contributed by atoms with Gasteiger partial charge in [0.15, 0.2) is 0 Å². The van der Waals surface area contributed by atoms with Crippen LogP contribution in [-0.4, -0.2) is 24.1 Å². The lowest BCUT2D eigenvalue weighted by atomic mass is 10.1. The van der Waals surface area contributed by atoms with Crippen molar-refractivity contribution in [3.63, 3.8) is 0 Å². The lowest BCUT2D eigenvalue weighted by Crippen LogP contribution is -1.98. The minimum atomic E-state index is 0.632. The maximum absolute atomic E-state index is 4.39. The van der Waals surface area contributed by atoms with Crippen LogP contribution >= 0.6 is 0 Å². The van der Waals surface area contributed by atoms with Crippen LogP contribution in [0.4, 0.5) is 0 Å². The Balaban J connectivity index is 2.14. The fourth-order valence-corrected chi connectivity index (χ4v) is 2.67. The van der Waals surface area contributed by atoms with Crippen molar-refractivity contribution in [1.29, 1.82) is 0 Å². The van der Waals surface area contributed by atoms with Crippen LogP contribution < -0.4 is 0 Å². The van der Waals surface area contributed by atoms with Crippen LogP contribution in [0.25, 0.3) is 27.9 Å². The van der Waals surface area contributed by atoms with Crippen molar-refractivity contribution in [2.75, 3.05) is 0 Å².